The van der Waals surface area contributed by atoms with Gasteiger partial charge in [-0.05, 0) is 42.5 Å². The summed E-state index contributed by atoms with van der Waals surface area (Å²) in [6, 6.07) is 14.9. The smallest absolute Gasteiger partial charge is 0.183 e. The summed E-state index contributed by atoms with van der Waals surface area (Å²) in [5, 5.41) is 0. The van der Waals surface area contributed by atoms with Gasteiger partial charge in [0.1, 0.15) is 13.7 Å². The van der Waals surface area contributed by atoms with Crippen LogP contribution in [0.4, 0.5) is 13.2 Å². The lowest BCUT2D eigenvalue weighted by Crippen LogP contribution is -2.27. The van der Waals surface area contributed by atoms with Crippen molar-refractivity contribution in [3.63, 3.8) is 0 Å². The fourth-order valence-corrected chi connectivity index (χ4v) is 4.23. The summed E-state index contributed by atoms with van der Waals surface area (Å²) < 4.78 is 55.3. The van der Waals surface area contributed by atoms with Gasteiger partial charge in [-0.15, -0.1) is 0 Å². The molecule has 0 bridgehead atoms. The molecule has 0 N–H and O–H groups in total. The molecule has 1 saturated heterocycles. The van der Waals surface area contributed by atoms with Gasteiger partial charge < -0.3 is 9.47 Å². The molecule has 0 saturated carbocycles. The molecule has 0 atom stereocenters. The van der Waals surface area contributed by atoms with E-state index in [2.05, 4.69) is 6.08 Å². The van der Waals surface area contributed by atoms with Gasteiger partial charge in [-0.2, -0.15) is 0 Å². The van der Waals surface area contributed by atoms with Crippen LogP contribution in [0.1, 0.15) is 37.2 Å². The largest absolute Gasteiger partial charge is 0.348 e. The molecular formula is C28H28BF3O2. The first-order valence-corrected chi connectivity index (χ1v) is 11.7. The molecule has 3 aromatic carbocycles. The van der Waals surface area contributed by atoms with Crippen LogP contribution in [-0.4, -0.2) is 21.1 Å². The number of halogens is 3. The Labute approximate surface area is 199 Å². The lowest BCUT2D eigenvalue weighted by molar-refractivity contribution is -0.205. The van der Waals surface area contributed by atoms with Gasteiger partial charge in [-0.3, -0.25) is 0 Å². The molecule has 1 heterocycles. The highest BCUT2D eigenvalue weighted by atomic mass is 19.2. The second-order valence-electron chi connectivity index (χ2n) is 8.58. The Hall–Kier alpha value is -2.83. The Morgan fingerprint density at radius 3 is 2.15 bits per heavy atom. The number of ether oxygens (including phenoxy) is 2. The van der Waals surface area contributed by atoms with Crippen LogP contribution in [0, 0.1) is 23.4 Å². The van der Waals surface area contributed by atoms with E-state index in [1.54, 1.807) is 56.4 Å². The zero-order chi connectivity index (χ0) is 24.1. The molecular weight excluding hydrogens is 436 g/mol. The highest BCUT2D eigenvalue weighted by Gasteiger charge is 2.24. The first-order chi connectivity index (χ1) is 16.5. The van der Waals surface area contributed by atoms with Crippen LogP contribution in [0.3, 0.4) is 0 Å². The van der Waals surface area contributed by atoms with Crippen LogP contribution in [0.5, 0.6) is 0 Å². The van der Waals surface area contributed by atoms with Gasteiger partial charge in [0.15, 0.2) is 17.9 Å². The minimum absolute atomic E-state index is 0.188. The molecule has 0 unspecified atom stereocenters. The SMILES string of the molecule is BCc1ccc(-c2ccc(-c3ccc(C4OCC(CC/C=C/C)CO4)cc3F)cc2)c(F)c1F. The summed E-state index contributed by atoms with van der Waals surface area (Å²) in [5.41, 5.74) is 2.77. The number of rotatable bonds is 7. The van der Waals surface area contributed by atoms with Crippen LogP contribution in [0.15, 0.2) is 66.7 Å². The van der Waals surface area contributed by atoms with E-state index in [0.717, 1.165) is 12.8 Å². The Kier molecular flexibility index (Phi) is 7.91. The number of hydrogen-bond acceptors (Lipinski definition) is 2. The third kappa shape index (κ3) is 5.29. The quantitative estimate of drug-likeness (QED) is 0.290. The molecule has 176 valence electrons. The topological polar surface area (TPSA) is 18.5 Å². The van der Waals surface area contributed by atoms with E-state index in [-0.39, 0.29) is 5.56 Å². The highest BCUT2D eigenvalue weighted by Crippen LogP contribution is 2.33. The van der Waals surface area contributed by atoms with E-state index in [1.165, 1.54) is 6.07 Å². The summed E-state index contributed by atoms with van der Waals surface area (Å²) in [6.45, 7) is 3.18. The summed E-state index contributed by atoms with van der Waals surface area (Å²) in [7, 11) is 1.78. The van der Waals surface area contributed by atoms with Crippen LogP contribution in [0.2, 0.25) is 0 Å². The van der Waals surface area contributed by atoms with Crippen molar-refractivity contribution >= 4 is 7.85 Å². The van der Waals surface area contributed by atoms with Gasteiger partial charge in [0.2, 0.25) is 0 Å². The van der Waals surface area contributed by atoms with E-state index in [9.17, 15) is 13.2 Å². The molecule has 0 aromatic heterocycles. The van der Waals surface area contributed by atoms with Crippen molar-refractivity contribution < 1.29 is 22.6 Å². The van der Waals surface area contributed by atoms with Crippen molar-refractivity contribution in [3.8, 4) is 22.3 Å². The molecule has 1 fully saturated rings. The van der Waals surface area contributed by atoms with Crippen LogP contribution in [0.25, 0.3) is 22.3 Å². The number of allylic oxidation sites excluding steroid dienone is 2. The van der Waals surface area contributed by atoms with Crippen LogP contribution in [-0.2, 0) is 15.8 Å². The fourth-order valence-electron chi connectivity index (χ4n) is 4.23. The molecule has 34 heavy (non-hydrogen) atoms. The van der Waals surface area contributed by atoms with Gasteiger partial charge in [-0.25, -0.2) is 13.2 Å². The average Bonchev–Trinajstić information content (AvgIpc) is 2.86. The summed E-state index contributed by atoms with van der Waals surface area (Å²) in [4.78, 5) is 0. The molecule has 4 rings (SSSR count). The summed E-state index contributed by atoms with van der Waals surface area (Å²) in [6.07, 6.45) is 6.00. The Bertz CT molecular complexity index is 1150. The molecule has 0 amide bonds. The maximum absolute atomic E-state index is 15.0. The van der Waals surface area contributed by atoms with E-state index in [4.69, 9.17) is 9.47 Å². The summed E-state index contributed by atoms with van der Waals surface area (Å²) >= 11 is 0. The number of benzene rings is 3. The predicted molar refractivity (Wildman–Crippen MR) is 132 cm³/mol. The Balaban J connectivity index is 1.46. The standard InChI is InChI=1S/C28H28BF3O2/c1-2-3-4-5-18-16-33-28(34-17-18)21-10-12-23(25(30)14-21)19-6-8-20(9-7-19)24-13-11-22(15-29)26(31)27(24)32/h2-3,6-14,18,28H,4-5,15-17,29H2,1H3/b3-2+. The average molecular weight is 464 g/mol. The highest BCUT2D eigenvalue weighted by molar-refractivity contribution is 6.08. The molecule has 3 aromatic rings. The Morgan fingerprint density at radius 1 is 0.882 bits per heavy atom. The third-order valence-corrected chi connectivity index (χ3v) is 6.26. The third-order valence-electron chi connectivity index (χ3n) is 6.26. The van der Waals surface area contributed by atoms with Crippen LogP contribution < -0.4 is 0 Å². The van der Waals surface area contributed by atoms with Crippen LogP contribution >= 0.6 is 0 Å². The lowest BCUT2D eigenvalue weighted by Gasteiger charge is -2.29. The first-order valence-electron chi connectivity index (χ1n) is 11.7. The van der Waals surface area contributed by atoms with Crippen molar-refractivity contribution in [2.24, 2.45) is 5.92 Å². The first kappa shape index (κ1) is 24.3. The molecule has 1 aliphatic heterocycles. The second-order valence-corrected chi connectivity index (χ2v) is 8.58. The van der Waals surface area contributed by atoms with Crippen molar-refractivity contribution in [2.75, 3.05) is 13.2 Å². The zero-order valence-electron chi connectivity index (χ0n) is 19.5. The van der Waals surface area contributed by atoms with E-state index >= 15 is 0 Å². The molecule has 2 nitrogen and oxygen atoms in total. The normalized spacial score (nSPS) is 18.5. The summed E-state index contributed by atoms with van der Waals surface area (Å²) in [5.74, 6) is -1.73. The van der Waals surface area contributed by atoms with Gasteiger partial charge >= 0.3 is 0 Å². The van der Waals surface area contributed by atoms with Gasteiger partial charge in [-0.1, -0.05) is 67.0 Å². The van der Waals surface area contributed by atoms with Gasteiger partial charge in [0.05, 0.1) is 13.2 Å². The second kappa shape index (κ2) is 11.1. The van der Waals surface area contributed by atoms with Crippen molar-refractivity contribution in [2.45, 2.75) is 32.4 Å². The van der Waals surface area contributed by atoms with Gasteiger partial charge in [0.25, 0.3) is 0 Å². The minimum Gasteiger partial charge on any atom is -0.348 e. The minimum atomic E-state index is -0.862. The maximum Gasteiger partial charge on any atom is 0.183 e. The molecule has 6 heteroatoms. The molecule has 0 spiro atoms. The van der Waals surface area contributed by atoms with Gasteiger partial charge in [0, 0.05) is 22.6 Å². The lowest BCUT2D eigenvalue weighted by atomic mass is 9.93. The van der Waals surface area contributed by atoms with E-state index in [0.29, 0.717) is 53.3 Å². The zero-order valence-corrected chi connectivity index (χ0v) is 19.5. The van der Waals surface area contributed by atoms with Crippen molar-refractivity contribution in [1.29, 1.82) is 0 Å². The predicted octanol–water partition coefficient (Wildman–Crippen LogP) is 6.59. The molecule has 0 aliphatic carbocycles. The van der Waals surface area contributed by atoms with Crippen molar-refractivity contribution in [3.05, 3.63) is 95.3 Å². The number of hydrogen-bond donors (Lipinski definition) is 0. The fraction of sp³-hybridized carbons (Fsp3) is 0.286. The van der Waals surface area contributed by atoms with E-state index < -0.39 is 23.7 Å². The molecule has 1 aliphatic rings. The van der Waals surface area contributed by atoms with Crippen molar-refractivity contribution in [1.82, 2.24) is 0 Å². The Morgan fingerprint density at radius 2 is 1.53 bits per heavy atom. The van der Waals surface area contributed by atoms with E-state index in [1.807, 2.05) is 13.0 Å². The monoisotopic (exact) mass is 464 g/mol. The maximum atomic E-state index is 15.0. The molecule has 0 radical (unpaired) electrons.